The second-order valence-corrected chi connectivity index (χ2v) is 14.2. The van der Waals surface area contributed by atoms with Gasteiger partial charge in [-0.25, -0.2) is 0 Å². The van der Waals surface area contributed by atoms with E-state index in [1.54, 1.807) is 46.9 Å². The van der Waals surface area contributed by atoms with Gasteiger partial charge in [-0.3, -0.25) is 24.0 Å². The van der Waals surface area contributed by atoms with Crippen molar-refractivity contribution >= 4 is 29.4 Å². The van der Waals surface area contributed by atoms with Gasteiger partial charge in [0.2, 0.25) is 23.6 Å². The molecule has 2 aliphatic carbocycles. The second kappa shape index (κ2) is 26.0. The molecule has 0 spiro atoms. The second-order valence-electron chi connectivity index (χ2n) is 14.2. The van der Waals surface area contributed by atoms with Gasteiger partial charge in [-0.15, -0.1) is 0 Å². The van der Waals surface area contributed by atoms with E-state index in [-0.39, 0.29) is 97.6 Å². The van der Waals surface area contributed by atoms with Crippen LogP contribution in [0.5, 0.6) is 0 Å². The molecule has 10 heteroatoms. The van der Waals surface area contributed by atoms with Gasteiger partial charge in [-0.2, -0.15) is 0 Å². The van der Waals surface area contributed by atoms with Crippen molar-refractivity contribution in [2.24, 2.45) is 41.4 Å². The molecule has 6 atom stereocenters. The van der Waals surface area contributed by atoms with Gasteiger partial charge in [0, 0.05) is 57.8 Å². The van der Waals surface area contributed by atoms with Gasteiger partial charge in [0.25, 0.3) is 0 Å². The van der Waals surface area contributed by atoms with Gasteiger partial charge in [0.1, 0.15) is 5.78 Å². The molecule has 0 aromatic heterocycles. The third-order valence-corrected chi connectivity index (χ3v) is 9.67. The minimum atomic E-state index is -0.402. The van der Waals surface area contributed by atoms with Crippen LogP contribution in [0.15, 0.2) is 0 Å². The van der Waals surface area contributed by atoms with Crippen LogP contribution in [-0.4, -0.2) is 74.1 Å². The number of nitrogens with one attached hydrogen (secondary N) is 2. The van der Waals surface area contributed by atoms with Crippen LogP contribution in [0.3, 0.4) is 0 Å². The molecule has 0 bridgehead atoms. The Labute approximate surface area is 299 Å². The molecule has 2 rings (SSSR count). The molecule has 6 unspecified atom stereocenters. The van der Waals surface area contributed by atoms with Crippen molar-refractivity contribution in [1.82, 2.24) is 20.4 Å². The first kappa shape index (κ1) is 49.5. The zero-order chi connectivity index (χ0) is 33.4. The number of nitrogens with zero attached hydrogens (tertiary/aromatic N) is 2. The molecule has 2 fully saturated rings. The monoisotopic (exact) mass is 706 g/mol. The van der Waals surface area contributed by atoms with Gasteiger partial charge >= 0.3 is 17.1 Å². The van der Waals surface area contributed by atoms with Crippen LogP contribution in [0.4, 0.5) is 0 Å². The molecule has 2 aliphatic rings. The normalized spacial score (nSPS) is 17.7. The summed E-state index contributed by atoms with van der Waals surface area (Å²) in [6, 6.07) is 0. The molecule has 9 nitrogen and oxygen atoms in total. The Morgan fingerprint density at radius 1 is 0.596 bits per heavy atom. The van der Waals surface area contributed by atoms with E-state index in [4.69, 9.17) is 0 Å². The smallest absolute Gasteiger partial charge is 0.358 e. The van der Waals surface area contributed by atoms with E-state index in [2.05, 4.69) is 10.6 Å². The first-order valence-electron chi connectivity index (χ1n) is 17.1. The fourth-order valence-electron chi connectivity index (χ4n) is 6.77. The van der Waals surface area contributed by atoms with Gasteiger partial charge in [0.05, 0.1) is 6.67 Å². The van der Waals surface area contributed by atoms with Crippen LogP contribution in [-0.2, 0) is 41.0 Å². The van der Waals surface area contributed by atoms with Gasteiger partial charge in [-0.05, 0) is 44.4 Å². The van der Waals surface area contributed by atoms with Crippen molar-refractivity contribution in [3.63, 3.8) is 0 Å². The predicted molar refractivity (Wildman–Crippen MR) is 189 cm³/mol. The summed E-state index contributed by atoms with van der Waals surface area (Å²) >= 11 is 0. The molecule has 0 aliphatic heterocycles. The fraction of sp³-hybridized carbons (Fsp3) is 0.811. The largest absolute Gasteiger partial charge is 2.00 e. The maximum atomic E-state index is 13.4. The molecule has 0 aromatic rings. The molecule has 0 aromatic carbocycles. The zero-order valence-corrected chi connectivity index (χ0v) is 32.8. The number of rotatable bonds is 16. The number of Topliss-reactive ketones (excluding diaryl/α,β-unsaturated/α-hetero) is 1. The van der Waals surface area contributed by atoms with Gasteiger partial charge in [-0.1, -0.05) is 85.5 Å². The Bertz CT molecular complexity index is 911. The van der Waals surface area contributed by atoms with Crippen LogP contribution < -0.4 is 10.6 Å². The summed E-state index contributed by atoms with van der Waals surface area (Å²) in [6.45, 7) is 9.01. The average Bonchev–Trinajstić information content (AvgIpc) is 3.72. The summed E-state index contributed by atoms with van der Waals surface area (Å²) < 4.78 is 0. The van der Waals surface area contributed by atoms with E-state index in [1.165, 1.54) is 49.8 Å². The van der Waals surface area contributed by atoms with Crippen LogP contribution in [0.25, 0.3) is 0 Å². The fourth-order valence-corrected chi connectivity index (χ4v) is 6.77. The van der Waals surface area contributed by atoms with E-state index >= 15 is 0 Å². The molecule has 0 radical (unpaired) electrons. The summed E-state index contributed by atoms with van der Waals surface area (Å²) in [6.07, 6.45) is 14.3. The Morgan fingerprint density at radius 2 is 1.02 bits per heavy atom. The molecule has 47 heavy (non-hydrogen) atoms. The standard InChI is InChI=1S/C30H54N4O5.C5H10.2CH3.Fe/c1-19(23(5)35)15-25(24-12-10-11-13-24)17-26(16-22(4)30(39)34(8)9)28(37)32-18-31-27(36)20(2)14-21(3)29(38)33(6)7;1-2-4-5-3-1;;;/h19-22,24-26H,10-18H2,1-9H3,(H,31,36)(H,32,37);1-5H2;2*1H3;/q;;2*-1;+2. The summed E-state index contributed by atoms with van der Waals surface area (Å²) in [5, 5.41) is 5.65. The number of amides is 4. The van der Waals surface area contributed by atoms with Crippen LogP contribution >= 0.6 is 0 Å². The Kier molecular flexibility index (Phi) is 27.4. The zero-order valence-electron chi connectivity index (χ0n) is 31.7. The van der Waals surface area contributed by atoms with Crippen LogP contribution in [0.2, 0.25) is 0 Å². The van der Waals surface area contributed by atoms with Crippen molar-refractivity contribution in [3.05, 3.63) is 14.9 Å². The first-order chi connectivity index (χ1) is 20.6. The molecule has 4 amide bonds. The Morgan fingerprint density at radius 3 is 1.45 bits per heavy atom. The quantitative estimate of drug-likeness (QED) is 0.111. The third kappa shape index (κ3) is 19.0. The van der Waals surface area contributed by atoms with E-state index < -0.39 is 5.92 Å². The number of carbonyl (C=O) groups excluding carboxylic acids is 5. The van der Waals surface area contributed by atoms with Crippen molar-refractivity contribution < 1.29 is 41.0 Å². The molecule has 2 saturated carbocycles. The first-order valence-corrected chi connectivity index (χ1v) is 17.1. The van der Waals surface area contributed by atoms with E-state index in [9.17, 15) is 24.0 Å². The molecule has 276 valence electrons. The van der Waals surface area contributed by atoms with Crippen molar-refractivity contribution in [2.45, 2.75) is 118 Å². The minimum absolute atomic E-state index is 0. The molecular formula is C37H70FeN4O5. The topological polar surface area (TPSA) is 116 Å². The van der Waals surface area contributed by atoms with Crippen molar-refractivity contribution in [3.8, 4) is 0 Å². The Balaban J connectivity index is -0.00000220. The SMILES string of the molecule is C1CCCC1.CC(=O)C(C)CC(CC(CC(C)C(=O)N(C)C)C(=O)NCNC(=O)C(C)CC(C)C(=O)N(C)C)C1CCCC1.[CH3-].[CH3-].[Fe+2]. The minimum Gasteiger partial charge on any atom is -0.358 e. The summed E-state index contributed by atoms with van der Waals surface area (Å²) in [5.74, 6) is -1.03. The predicted octanol–water partition coefficient (Wildman–Crippen LogP) is 6.32. The van der Waals surface area contributed by atoms with Crippen molar-refractivity contribution in [2.75, 3.05) is 34.9 Å². The van der Waals surface area contributed by atoms with E-state index in [1.807, 2.05) is 20.8 Å². The summed E-state index contributed by atoms with van der Waals surface area (Å²) in [4.78, 5) is 66.0. The number of ketones is 1. The average molecular weight is 707 g/mol. The summed E-state index contributed by atoms with van der Waals surface area (Å²) in [5.41, 5.74) is 0. The Hall–Kier alpha value is -1.93. The number of hydrogen-bond donors (Lipinski definition) is 2. The molecule has 0 saturated heterocycles. The third-order valence-electron chi connectivity index (χ3n) is 9.67. The molecule has 0 heterocycles. The van der Waals surface area contributed by atoms with Gasteiger partial charge in [0.15, 0.2) is 0 Å². The maximum absolute atomic E-state index is 13.4. The van der Waals surface area contributed by atoms with Crippen LogP contribution in [0, 0.1) is 56.3 Å². The number of carbonyl (C=O) groups is 5. The van der Waals surface area contributed by atoms with Gasteiger partial charge < -0.3 is 35.3 Å². The number of hydrogen-bond acceptors (Lipinski definition) is 5. The van der Waals surface area contributed by atoms with Crippen molar-refractivity contribution in [1.29, 1.82) is 0 Å². The summed E-state index contributed by atoms with van der Waals surface area (Å²) in [7, 11) is 6.82. The van der Waals surface area contributed by atoms with E-state index in [0.29, 0.717) is 25.2 Å². The van der Waals surface area contributed by atoms with Crippen LogP contribution in [0.1, 0.15) is 118 Å². The molecular weight excluding hydrogens is 636 g/mol. The maximum Gasteiger partial charge on any atom is 2.00 e. The van der Waals surface area contributed by atoms with E-state index in [0.717, 1.165) is 19.3 Å². The molecule has 2 N–H and O–H groups in total.